The Morgan fingerprint density at radius 3 is 2.55 bits per heavy atom. The van der Waals surface area contributed by atoms with Crippen molar-refractivity contribution in [3.05, 3.63) is 54.1 Å². The maximum absolute atomic E-state index is 11.3. The van der Waals surface area contributed by atoms with Crippen molar-refractivity contribution in [2.75, 3.05) is 7.11 Å². The number of oxazole rings is 1. The zero-order valence-corrected chi connectivity index (χ0v) is 10.7. The van der Waals surface area contributed by atoms with E-state index in [-0.39, 0.29) is 6.08 Å². The highest BCUT2D eigenvalue weighted by molar-refractivity contribution is 5.89. The Morgan fingerprint density at radius 2 is 1.85 bits per heavy atom. The van der Waals surface area contributed by atoms with Gasteiger partial charge in [-0.25, -0.2) is 4.79 Å². The van der Waals surface area contributed by atoms with Crippen LogP contribution in [0.5, 0.6) is 11.8 Å². The van der Waals surface area contributed by atoms with Gasteiger partial charge in [-0.3, -0.25) is 0 Å². The number of methoxy groups -OCH3 is 1. The summed E-state index contributed by atoms with van der Waals surface area (Å²) < 4.78 is 15.6. The van der Waals surface area contributed by atoms with Crippen molar-refractivity contribution in [2.24, 2.45) is 0 Å². The normalized spacial score (nSPS) is 10.4. The third-order valence-electron chi connectivity index (χ3n) is 2.75. The molecule has 0 spiro atoms. The number of benzene rings is 2. The van der Waals surface area contributed by atoms with Gasteiger partial charge in [0.05, 0.1) is 12.7 Å². The second kappa shape index (κ2) is 5.05. The van der Waals surface area contributed by atoms with Gasteiger partial charge in [0, 0.05) is 0 Å². The molecule has 0 bridgehead atoms. The van der Waals surface area contributed by atoms with Crippen LogP contribution in [-0.2, 0) is 4.74 Å². The first-order chi connectivity index (χ1) is 9.76. The van der Waals surface area contributed by atoms with E-state index in [1.807, 2.05) is 24.3 Å². The molecule has 0 aliphatic rings. The molecule has 0 saturated heterocycles. The van der Waals surface area contributed by atoms with Crippen LogP contribution >= 0.6 is 0 Å². The second-order valence-electron chi connectivity index (χ2n) is 4.07. The molecule has 5 nitrogen and oxygen atoms in total. The zero-order chi connectivity index (χ0) is 13.9. The van der Waals surface area contributed by atoms with Crippen molar-refractivity contribution < 1.29 is 18.7 Å². The van der Waals surface area contributed by atoms with Gasteiger partial charge in [-0.1, -0.05) is 12.1 Å². The van der Waals surface area contributed by atoms with Gasteiger partial charge in [0.2, 0.25) is 0 Å². The van der Waals surface area contributed by atoms with Crippen molar-refractivity contribution in [2.45, 2.75) is 0 Å². The number of aromatic nitrogens is 1. The van der Waals surface area contributed by atoms with Crippen LogP contribution in [0.15, 0.2) is 52.9 Å². The minimum absolute atomic E-state index is 0.164. The van der Waals surface area contributed by atoms with Gasteiger partial charge in [-0.15, -0.1) is 0 Å². The first-order valence-electron chi connectivity index (χ1n) is 5.98. The van der Waals surface area contributed by atoms with Crippen LogP contribution in [0.1, 0.15) is 10.4 Å². The Labute approximate surface area is 114 Å². The molecule has 0 amide bonds. The summed E-state index contributed by atoms with van der Waals surface area (Å²) in [5.74, 6) is 0.141. The molecule has 1 aromatic heterocycles. The number of para-hydroxylation sites is 2. The Hall–Kier alpha value is -2.82. The number of hydrogen-bond acceptors (Lipinski definition) is 5. The fraction of sp³-hybridized carbons (Fsp3) is 0.0667. The minimum atomic E-state index is -0.390. The summed E-state index contributed by atoms with van der Waals surface area (Å²) in [6.45, 7) is 0. The SMILES string of the molecule is COC(=O)c1ccc(Oc2nc3ccccc3o2)cc1. The van der Waals surface area contributed by atoms with Crippen LogP contribution in [0.25, 0.3) is 11.1 Å². The molecule has 100 valence electrons. The number of hydrogen-bond donors (Lipinski definition) is 0. The Balaban J connectivity index is 1.82. The molecule has 3 aromatic rings. The smallest absolute Gasteiger partial charge is 0.400 e. The average molecular weight is 269 g/mol. The van der Waals surface area contributed by atoms with E-state index >= 15 is 0 Å². The molecule has 0 atom stereocenters. The Bertz CT molecular complexity index is 713. The second-order valence-corrected chi connectivity index (χ2v) is 4.07. The summed E-state index contributed by atoms with van der Waals surface area (Å²) >= 11 is 0. The molecule has 0 aliphatic carbocycles. The summed E-state index contributed by atoms with van der Waals surface area (Å²) in [4.78, 5) is 15.5. The number of esters is 1. The van der Waals surface area contributed by atoms with Crippen LogP contribution in [0.3, 0.4) is 0 Å². The first kappa shape index (κ1) is 12.2. The largest absolute Gasteiger partial charge is 0.465 e. The van der Waals surface area contributed by atoms with Gasteiger partial charge in [0.1, 0.15) is 11.3 Å². The fourth-order valence-corrected chi connectivity index (χ4v) is 1.77. The quantitative estimate of drug-likeness (QED) is 0.682. The van der Waals surface area contributed by atoms with Crippen molar-refractivity contribution in [1.29, 1.82) is 0 Å². The predicted molar refractivity (Wildman–Crippen MR) is 71.9 cm³/mol. The van der Waals surface area contributed by atoms with Crippen LogP contribution in [0.2, 0.25) is 0 Å². The molecule has 0 radical (unpaired) electrons. The maximum Gasteiger partial charge on any atom is 0.400 e. The van der Waals surface area contributed by atoms with Crippen LogP contribution < -0.4 is 4.74 Å². The monoisotopic (exact) mass is 269 g/mol. The predicted octanol–water partition coefficient (Wildman–Crippen LogP) is 3.41. The maximum atomic E-state index is 11.3. The standard InChI is InChI=1S/C15H11NO4/c1-18-14(17)10-6-8-11(9-7-10)19-15-16-12-4-2-3-5-13(12)20-15/h2-9H,1H3. The van der Waals surface area contributed by atoms with E-state index in [0.717, 1.165) is 5.52 Å². The van der Waals surface area contributed by atoms with Crippen molar-refractivity contribution in [1.82, 2.24) is 4.98 Å². The van der Waals surface area contributed by atoms with Gasteiger partial charge < -0.3 is 13.9 Å². The highest BCUT2D eigenvalue weighted by atomic mass is 16.6. The minimum Gasteiger partial charge on any atom is -0.465 e. The van der Waals surface area contributed by atoms with E-state index in [2.05, 4.69) is 9.72 Å². The molecular formula is C15H11NO4. The first-order valence-corrected chi connectivity index (χ1v) is 5.98. The fourth-order valence-electron chi connectivity index (χ4n) is 1.77. The van der Waals surface area contributed by atoms with E-state index in [0.29, 0.717) is 16.9 Å². The Kier molecular flexibility index (Phi) is 3.09. The van der Waals surface area contributed by atoms with E-state index in [1.165, 1.54) is 7.11 Å². The molecular weight excluding hydrogens is 258 g/mol. The summed E-state index contributed by atoms with van der Waals surface area (Å²) in [5, 5.41) is 0. The number of carbonyl (C=O) groups excluding carboxylic acids is 1. The van der Waals surface area contributed by atoms with Crippen LogP contribution in [-0.4, -0.2) is 18.1 Å². The molecule has 0 aliphatic heterocycles. The molecule has 0 fully saturated rings. The van der Waals surface area contributed by atoms with Gasteiger partial charge in [0.25, 0.3) is 0 Å². The number of fused-ring (bicyclic) bond motifs is 1. The lowest BCUT2D eigenvalue weighted by Gasteiger charge is -2.02. The van der Waals surface area contributed by atoms with Gasteiger partial charge in [-0.05, 0) is 36.4 Å². The summed E-state index contributed by atoms with van der Waals surface area (Å²) in [5.41, 5.74) is 1.85. The summed E-state index contributed by atoms with van der Waals surface area (Å²) in [6.07, 6.45) is 0.164. The van der Waals surface area contributed by atoms with Crippen molar-refractivity contribution >= 4 is 17.1 Å². The van der Waals surface area contributed by atoms with Crippen molar-refractivity contribution in [3.63, 3.8) is 0 Å². The number of nitrogens with zero attached hydrogens (tertiary/aromatic N) is 1. The third-order valence-corrected chi connectivity index (χ3v) is 2.75. The van der Waals surface area contributed by atoms with Crippen molar-refractivity contribution in [3.8, 4) is 11.8 Å². The molecule has 0 unspecified atom stereocenters. The lowest BCUT2D eigenvalue weighted by Crippen LogP contribution is -2.00. The lowest BCUT2D eigenvalue weighted by atomic mass is 10.2. The lowest BCUT2D eigenvalue weighted by molar-refractivity contribution is 0.0600. The van der Waals surface area contributed by atoms with Gasteiger partial charge >= 0.3 is 12.0 Å². The van der Waals surface area contributed by atoms with Crippen LogP contribution in [0, 0.1) is 0 Å². The average Bonchev–Trinajstić information content (AvgIpc) is 2.89. The molecule has 2 aromatic carbocycles. The molecule has 5 heteroatoms. The van der Waals surface area contributed by atoms with Gasteiger partial charge in [0.15, 0.2) is 5.58 Å². The number of carbonyl (C=O) groups is 1. The Morgan fingerprint density at radius 1 is 1.10 bits per heavy atom. The number of ether oxygens (including phenoxy) is 2. The van der Waals surface area contributed by atoms with Crippen LogP contribution in [0.4, 0.5) is 0 Å². The molecule has 0 saturated carbocycles. The topological polar surface area (TPSA) is 61.6 Å². The van der Waals surface area contributed by atoms with E-state index in [4.69, 9.17) is 9.15 Å². The van der Waals surface area contributed by atoms with E-state index in [1.54, 1.807) is 24.3 Å². The highest BCUT2D eigenvalue weighted by Crippen LogP contribution is 2.25. The third kappa shape index (κ3) is 2.33. The molecule has 3 rings (SSSR count). The molecule has 0 N–H and O–H groups in total. The summed E-state index contributed by atoms with van der Waals surface area (Å²) in [6, 6.07) is 13.9. The molecule has 20 heavy (non-hydrogen) atoms. The van der Waals surface area contributed by atoms with E-state index < -0.39 is 5.97 Å². The van der Waals surface area contributed by atoms with Gasteiger partial charge in [-0.2, -0.15) is 4.98 Å². The van der Waals surface area contributed by atoms with E-state index in [9.17, 15) is 4.79 Å². The highest BCUT2D eigenvalue weighted by Gasteiger charge is 2.09. The summed E-state index contributed by atoms with van der Waals surface area (Å²) in [7, 11) is 1.34. The zero-order valence-electron chi connectivity index (χ0n) is 10.7. The molecule has 1 heterocycles. The number of rotatable bonds is 3.